The lowest BCUT2D eigenvalue weighted by molar-refractivity contribution is -0.131. The molecule has 0 saturated carbocycles. The standard InChI is InChI=1S/2C6H6O.C4H6O2/c2*7-6-4-2-1-3-5-6;1-2-3-4(5)6/h2*1-5,7H;2-3H,1H3,(H,5,6). The van der Waals surface area contributed by atoms with Gasteiger partial charge in [-0.15, -0.1) is 0 Å². The van der Waals surface area contributed by atoms with Crippen molar-refractivity contribution in [2.45, 2.75) is 6.92 Å². The minimum absolute atomic E-state index is 0.322. The third-order valence-corrected chi connectivity index (χ3v) is 1.82. The fourth-order valence-electron chi connectivity index (χ4n) is 0.999. The van der Waals surface area contributed by atoms with E-state index < -0.39 is 5.97 Å². The molecular formula is C16H18O4. The van der Waals surface area contributed by atoms with Crippen molar-refractivity contribution in [2.24, 2.45) is 0 Å². The highest BCUT2D eigenvalue weighted by molar-refractivity contribution is 5.79. The number of phenols is 2. The number of benzene rings is 2. The number of rotatable bonds is 1. The zero-order chi connectivity index (χ0) is 15.2. The molecule has 2 rings (SSSR count). The summed E-state index contributed by atoms with van der Waals surface area (Å²) < 4.78 is 0. The summed E-state index contributed by atoms with van der Waals surface area (Å²) in [5.41, 5.74) is 0. The second kappa shape index (κ2) is 11.3. The molecule has 106 valence electrons. The van der Waals surface area contributed by atoms with Crippen LogP contribution in [0.2, 0.25) is 0 Å². The van der Waals surface area contributed by atoms with Gasteiger partial charge < -0.3 is 15.3 Å². The van der Waals surface area contributed by atoms with Gasteiger partial charge in [0.1, 0.15) is 11.5 Å². The van der Waals surface area contributed by atoms with E-state index in [0.717, 1.165) is 6.08 Å². The molecular weight excluding hydrogens is 256 g/mol. The van der Waals surface area contributed by atoms with Gasteiger partial charge in [-0.05, 0) is 31.2 Å². The van der Waals surface area contributed by atoms with E-state index in [4.69, 9.17) is 15.3 Å². The second-order valence-electron chi connectivity index (χ2n) is 3.51. The Morgan fingerprint density at radius 2 is 1.20 bits per heavy atom. The maximum atomic E-state index is 9.51. The highest BCUT2D eigenvalue weighted by atomic mass is 16.4. The monoisotopic (exact) mass is 274 g/mol. The molecule has 0 spiro atoms. The summed E-state index contributed by atoms with van der Waals surface area (Å²) in [6, 6.07) is 17.4. The van der Waals surface area contributed by atoms with Crippen LogP contribution in [-0.4, -0.2) is 21.3 Å². The first-order chi connectivity index (χ1) is 9.56. The quantitative estimate of drug-likeness (QED) is 0.696. The molecule has 2 aromatic carbocycles. The maximum absolute atomic E-state index is 9.51. The van der Waals surface area contributed by atoms with E-state index in [2.05, 4.69) is 0 Å². The predicted molar refractivity (Wildman–Crippen MR) is 78.7 cm³/mol. The molecule has 0 aromatic heterocycles. The van der Waals surface area contributed by atoms with E-state index in [1.807, 2.05) is 12.1 Å². The lowest BCUT2D eigenvalue weighted by Gasteiger charge is -1.82. The van der Waals surface area contributed by atoms with Crippen molar-refractivity contribution in [1.82, 2.24) is 0 Å². The number of aromatic hydroxyl groups is 2. The van der Waals surface area contributed by atoms with Crippen LogP contribution in [0.3, 0.4) is 0 Å². The molecule has 0 aliphatic heterocycles. The molecule has 2 aromatic rings. The molecule has 4 heteroatoms. The molecule has 0 bridgehead atoms. The predicted octanol–water partition coefficient (Wildman–Crippen LogP) is 3.43. The Kier molecular flexibility index (Phi) is 9.79. The molecule has 0 heterocycles. The van der Waals surface area contributed by atoms with Crippen molar-refractivity contribution in [1.29, 1.82) is 0 Å². The number of phenolic OH excluding ortho intramolecular Hbond substituents is 2. The van der Waals surface area contributed by atoms with Gasteiger partial charge in [-0.2, -0.15) is 0 Å². The lowest BCUT2D eigenvalue weighted by atomic mass is 10.3. The van der Waals surface area contributed by atoms with E-state index in [-0.39, 0.29) is 0 Å². The fraction of sp³-hybridized carbons (Fsp3) is 0.0625. The Labute approximate surface area is 118 Å². The molecule has 0 atom stereocenters. The van der Waals surface area contributed by atoms with E-state index in [9.17, 15) is 4.79 Å². The normalized spacial score (nSPS) is 8.85. The summed E-state index contributed by atoms with van der Waals surface area (Å²) >= 11 is 0. The molecule has 0 radical (unpaired) electrons. The van der Waals surface area contributed by atoms with Crippen LogP contribution in [0.1, 0.15) is 6.92 Å². The average Bonchev–Trinajstić information content (AvgIpc) is 2.42. The van der Waals surface area contributed by atoms with E-state index in [0.29, 0.717) is 11.5 Å². The second-order valence-corrected chi connectivity index (χ2v) is 3.51. The summed E-state index contributed by atoms with van der Waals surface area (Å²) in [6.07, 6.45) is 2.56. The highest BCUT2D eigenvalue weighted by Gasteiger charge is 1.77. The van der Waals surface area contributed by atoms with Crippen LogP contribution in [0.4, 0.5) is 0 Å². The lowest BCUT2D eigenvalue weighted by Crippen LogP contribution is -1.83. The van der Waals surface area contributed by atoms with Gasteiger partial charge in [0.25, 0.3) is 0 Å². The zero-order valence-electron chi connectivity index (χ0n) is 11.2. The first kappa shape index (κ1) is 17.2. The summed E-state index contributed by atoms with van der Waals surface area (Å²) in [5.74, 6) is -0.248. The van der Waals surface area contributed by atoms with Crippen LogP contribution in [0.15, 0.2) is 72.8 Å². The van der Waals surface area contributed by atoms with Gasteiger partial charge in [0, 0.05) is 6.08 Å². The molecule has 0 amide bonds. The Morgan fingerprint density at radius 1 is 0.850 bits per heavy atom. The van der Waals surface area contributed by atoms with Crippen LogP contribution in [0, 0.1) is 0 Å². The fourth-order valence-corrected chi connectivity index (χ4v) is 0.999. The van der Waals surface area contributed by atoms with Crippen molar-refractivity contribution >= 4 is 5.97 Å². The molecule has 20 heavy (non-hydrogen) atoms. The van der Waals surface area contributed by atoms with Crippen LogP contribution in [0.25, 0.3) is 0 Å². The van der Waals surface area contributed by atoms with Crippen molar-refractivity contribution in [3.8, 4) is 11.5 Å². The van der Waals surface area contributed by atoms with Crippen LogP contribution in [-0.2, 0) is 4.79 Å². The van der Waals surface area contributed by atoms with Gasteiger partial charge in [-0.25, -0.2) is 4.79 Å². The highest BCUT2D eigenvalue weighted by Crippen LogP contribution is 2.03. The van der Waals surface area contributed by atoms with E-state index >= 15 is 0 Å². The summed E-state index contributed by atoms with van der Waals surface area (Å²) in [7, 11) is 0. The molecule has 4 nitrogen and oxygen atoms in total. The van der Waals surface area contributed by atoms with Crippen molar-refractivity contribution in [3.05, 3.63) is 72.8 Å². The number of carboxylic acid groups (broad SMARTS) is 1. The van der Waals surface area contributed by atoms with Gasteiger partial charge in [0.05, 0.1) is 0 Å². The van der Waals surface area contributed by atoms with Crippen molar-refractivity contribution < 1.29 is 20.1 Å². The number of carboxylic acids is 1. The van der Waals surface area contributed by atoms with Crippen LogP contribution < -0.4 is 0 Å². The van der Waals surface area contributed by atoms with Gasteiger partial charge >= 0.3 is 5.97 Å². The van der Waals surface area contributed by atoms with Crippen LogP contribution >= 0.6 is 0 Å². The van der Waals surface area contributed by atoms with Crippen molar-refractivity contribution in [3.63, 3.8) is 0 Å². The smallest absolute Gasteiger partial charge is 0.327 e. The SMILES string of the molecule is CC=CC(=O)O.Oc1ccccc1.Oc1ccccc1. The van der Waals surface area contributed by atoms with E-state index in [1.54, 1.807) is 55.5 Å². The molecule has 0 unspecified atom stereocenters. The minimum atomic E-state index is -0.891. The molecule has 0 aliphatic rings. The third-order valence-electron chi connectivity index (χ3n) is 1.82. The molecule has 0 saturated heterocycles. The zero-order valence-corrected chi connectivity index (χ0v) is 11.2. The van der Waals surface area contributed by atoms with Gasteiger partial charge in [-0.3, -0.25) is 0 Å². The first-order valence-corrected chi connectivity index (χ1v) is 5.90. The Balaban J connectivity index is 0.000000272. The number of carbonyl (C=O) groups is 1. The van der Waals surface area contributed by atoms with Crippen LogP contribution in [0.5, 0.6) is 11.5 Å². The number of aliphatic carboxylic acids is 1. The number of allylic oxidation sites excluding steroid dienone is 1. The number of hydrogen-bond acceptors (Lipinski definition) is 3. The molecule has 0 aliphatic carbocycles. The number of para-hydroxylation sites is 2. The van der Waals surface area contributed by atoms with Crippen molar-refractivity contribution in [2.75, 3.05) is 0 Å². The topological polar surface area (TPSA) is 77.8 Å². The van der Waals surface area contributed by atoms with Gasteiger partial charge in [0.15, 0.2) is 0 Å². The molecule has 3 N–H and O–H groups in total. The largest absolute Gasteiger partial charge is 0.508 e. The third kappa shape index (κ3) is 11.7. The molecule has 0 fully saturated rings. The Hall–Kier alpha value is -2.75. The van der Waals surface area contributed by atoms with Gasteiger partial charge in [0.2, 0.25) is 0 Å². The first-order valence-electron chi connectivity index (χ1n) is 5.90. The summed E-state index contributed by atoms with van der Waals surface area (Å²) in [4.78, 5) is 9.51. The van der Waals surface area contributed by atoms with E-state index in [1.165, 1.54) is 6.08 Å². The average molecular weight is 274 g/mol. The summed E-state index contributed by atoms with van der Waals surface area (Å²) in [5, 5.41) is 25.1. The van der Waals surface area contributed by atoms with Gasteiger partial charge in [-0.1, -0.05) is 42.5 Å². The Morgan fingerprint density at radius 3 is 1.30 bits per heavy atom. The summed E-state index contributed by atoms with van der Waals surface area (Å²) in [6.45, 7) is 1.66. The number of hydrogen-bond donors (Lipinski definition) is 3. The maximum Gasteiger partial charge on any atom is 0.327 e. The minimum Gasteiger partial charge on any atom is -0.508 e. The Bertz CT molecular complexity index is 455.